The van der Waals surface area contributed by atoms with Gasteiger partial charge in [0.1, 0.15) is 11.6 Å². The van der Waals surface area contributed by atoms with E-state index in [1.54, 1.807) is 41.5 Å². The van der Waals surface area contributed by atoms with Gasteiger partial charge in [-0.2, -0.15) is 0 Å². The van der Waals surface area contributed by atoms with Crippen molar-refractivity contribution in [3.8, 4) is 0 Å². The minimum atomic E-state index is -0.653. The first kappa shape index (κ1) is 26.2. The Labute approximate surface area is 194 Å². The molecule has 0 saturated heterocycles. The number of hydrogen-bond acceptors (Lipinski definition) is 3. The van der Waals surface area contributed by atoms with E-state index in [0.717, 1.165) is 0 Å². The molecule has 0 spiro atoms. The first-order valence-corrected chi connectivity index (χ1v) is 10.8. The summed E-state index contributed by atoms with van der Waals surface area (Å²) in [7, 11) is 1.43. The third-order valence-electron chi connectivity index (χ3n) is 5.22. The molecular weight excluding hydrogens is 426 g/mol. The van der Waals surface area contributed by atoms with Crippen LogP contribution in [0.4, 0.5) is 13.6 Å². The lowest BCUT2D eigenvalue weighted by Gasteiger charge is -2.24. The predicted molar refractivity (Wildman–Crippen MR) is 124 cm³/mol. The lowest BCUT2D eigenvalue weighted by atomic mass is 9.86. The Balaban J connectivity index is 2.29. The molecule has 0 saturated carbocycles. The molecule has 2 aromatic rings. The number of urea groups is 1. The molecule has 178 valence electrons. The number of nitrogens with one attached hydrogen (secondary N) is 1. The molecule has 0 bridgehead atoms. The van der Waals surface area contributed by atoms with Gasteiger partial charge in [0.15, 0.2) is 11.6 Å². The van der Waals surface area contributed by atoms with E-state index in [4.69, 9.17) is 0 Å². The quantitative estimate of drug-likeness (QED) is 0.560. The molecular formula is C26H32F2N2O3. The van der Waals surface area contributed by atoms with Crippen LogP contribution in [0.1, 0.15) is 73.4 Å². The average molecular weight is 459 g/mol. The molecule has 33 heavy (non-hydrogen) atoms. The van der Waals surface area contributed by atoms with E-state index >= 15 is 0 Å². The number of Topliss-reactive ketones (excluding diaryl/α,β-unsaturated/α-hetero) is 2. The smallest absolute Gasteiger partial charge is 0.317 e. The fraction of sp³-hybridized carbons (Fsp3) is 0.423. The molecule has 7 heteroatoms. The molecule has 0 fully saturated rings. The van der Waals surface area contributed by atoms with Crippen molar-refractivity contribution in [1.29, 1.82) is 0 Å². The van der Waals surface area contributed by atoms with Crippen molar-refractivity contribution in [3.63, 3.8) is 0 Å². The largest absolute Gasteiger partial charge is 0.341 e. The van der Waals surface area contributed by atoms with Crippen molar-refractivity contribution >= 4 is 17.6 Å². The second-order valence-corrected chi connectivity index (χ2v) is 10.2. The SMILES string of the molecule is CNC(=O)N(Cc1ccc(C(=O)C(C)(C)C)cc1F)Cc1ccc(C(=O)C(C)(C)C)cc1F. The van der Waals surface area contributed by atoms with Crippen LogP contribution in [0, 0.1) is 22.5 Å². The molecule has 0 heterocycles. The van der Waals surface area contributed by atoms with Gasteiger partial charge >= 0.3 is 6.03 Å². The number of rotatable bonds is 6. The van der Waals surface area contributed by atoms with E-state index in [2.05, 4.69) is 5.32 Å². The molecule has 1 N–H and O–H groups in total. The fourth-order valence-corrected chi connectivity index (χ4v) is 3.27. The van der Waals surface area contributed by atoms with E-state index in [9.17, 15) is 23.2 Å². The Kier molecular flexibility index (Phi) is 7.78. The second kappa shape index (κ2) is 9.81. The van der Waals surface area contributed by atoms with Gasteiger partial charge in [-0.3, -0.25) is 9.59 Å². The summed E-state index contributed by atoms with van der Waals surface area (Å²) in [5.41, 5.74) is -0.408. The number of hydrogen-bond donors (Lipinski definition) is 1. The van der Waals surface area contributed by atoms with Crippen molar-refractivity contribution in [2.45, 2.75) is 54.6 Å². The van der Waals surface area contributed by atoms with E-state index in [0.29, 0.717) is 0 Å². The third-order valence-corrected chi connectivity index (χ3v) is 5.22. The zero-order valence-electron chi connectivity index (χ0n) is 20.3. The van der Waals surface area contributed by atoms with Crippen LogP contribution in [-0.2, 0) is 13.1 Å². The Bertz CT molecular complexity index is 989. The fourth-order valence-electron chi connectivity index (χ4n) is 3.27. The summed E-state index contributed by atoms with van der Waals surface area (Å²) in [5, 5.41) is 2.48. The number of benzene rings is 2. The number of carbonyl (C=O) groups is 3. The second-order valence-electron chi connectivity index (χ2n) is 10.2. The summed E-state index contributed by atoms with van der Waals surface area (Å²) in [6.45, 7) is 10.3. The van der Waals surface area contributed by atoms with Crippen LogP contribution < -0.4 is 5.32 Å². The highest BCUT2D eigenvalue weighted by Gasteiger charge is 2.26. The number of carbonyl (C=O) groups excluding carboxylic acids is 3. The highest BCUT2D eigenvalue weighted by Crippen LogP contribution is 2.25. The van der Waals surface area contributed by atoms with E-state index in [1.165, 1.54) is 48.3 Å². The number of halogens is 2. The highest BCUT2D eigenvalue weighted by atomic mass is 19.1. The predicted octanol–water partition coefficient (Wildman–Crippen LogP) is 5.76. The maximum Gasteiger partial charge on any atom is 0.317 e. The molecule has 0 unspecified atom stereocenters. The van der Waals surface area contributed by atoms with E-state index < -0.39 is 28.5 Å². The number of ketones is 2. The van der Waals surface area contributed by atoms with Gasteiger partial charge in [0.25, 0.3) is 0 Å². The summed E-state index contributed by atoms with van der Waals surface area (Å²) in [5.74, 6) is -1.62. The maximum atomic E-state index is 14.8. The summed E-state index contributed by atoms with van der Waals surface area (Å²) >= 11 is 0. The van der Waals surface area contributed by atoms with Crippen molar-refractivity contribution in [1.82, 2.24) is 10.2 Å². The molecule has 0 aromatic heterocycles. The molecule has 0 atom stereocenters. The van der Waals surface area contributed by atoms with Crippen LogP contribution in [0.3, 0.4) is 0 Å². The molecule has 2 rings (SSSR count). The van der Waals surface area contributed by atoms with Crippen LogP contribution in [0.5, 0.6) is 0 Å². The first-order valence-electron chi connectivity index (χ1n) is 10.8. The molecule has 0 aliphatic carbocycles. The van der Waals surface area contributed by atoms with Gasteiger partial charge in [0.05, 0.1) is 13.1 Å². The number of nitrogens with zero attached hydrogens (tertiary/aromatic N) is 1. The van der Waals surface area contributed by atoms with Crippen LogP contribution >= 0.6 is 0 Å². The average Bonchev–Trinajstić information content (AvgIpc) is 2.72. The van der Waals surface area contributed by atoms with Gasteiger partial charge < -0.3 is 10.2 Å². The van der Waals surface area contributed by atoms with Crippen LogP contribution in [0.25, 0.3) is 0 Å². The lowest BCUT2D eigenvalue weighted by Crippen LogP contribution is -2.37. The summed E-state index contributed by atoms with van der Waals surface area (Å²) in [6.07, 6.45) is 0. The van der Waals surface area contributed by atoms with Crippen LogP contribution in [0.15, 0.2) is 36.4 Å². The zero-order chi connectivity index (χ0) is 25.1. The normalized spacial score (nSPS) is 11.8. The minimum Gasteiger partial charge on any atom is -0.341 e. The summed E-state index contributed by atoms with van der Waals surface area (Å²) in [4.78, 5) is 38.5. The maximum absolute atomic E-state index is 14.8. The molecule has 5 nitrogen and oxygen atoms in total. The van der Waals surface area contributed by atoms with Gasteiger partial charge in [-0.1, -0.05) is 65.8 Å². The molecule has 0 radical (unpaired) electrons. The van der Waals surface area contributed by atoms with Gasteiger partial charge in [-0.05, 0) is 12.1 Å². The Morgan fingerprint density at radius 2 is 1.12 bits per heavy atom. The van der Waals surface area contributed by atoms with E-state index in [-0.39, 0.29) is 46.9 Å². The first-order chi connectivity index (χ1) is 15.1. The van der Waals surface area contributed by atoms with Crippen molar-refractivity contribution in [2.24, 2.45) is 10.8 Å². The van der Waals surface area contributed by atoms with Gasteiger partial charge in [0.2, 0.25) is 0 Å². The Morgan fingerprint density at radius 3 is 1.39 bits per heavy atom. The minimum absolute atomic E-state index is 0.127. The summed E-state index contributed by atoms with van der Waals surface area (Å²) in [6, 6.07) is 7.80. The van der Waals surface area contributed by atoms with Gasteiger partial charge in [0, 0.05) is 40.1 Å². The lowest BCUT2D eigenvalue weighted by molar-refractivity contribution is 0.0852. The van der Waals surface area contributed by atoms with Crippen molar-refractivity contribution < 1.29 is 23.2 Å². The van der Waals surface area contributed by atoms with Crippen LogP contribution in [-0.4, -0.2) is 29.5 Å². The number of amides is 2. The van der Waals surface area contributed by atoms with Crippen LogP contribution in [0.2, 0.25) is 0 Å². The molecule has 2 amide bonds. The molecule has 2 aromatic carbocycles. The van der Waals surface area contributed by atoms with Crippen molar-refractivity contribution in [2.75, 3.05) is 7.05 Å². The highest BCUT2D eigenvalue weighted by molar-refractivity contribution is 6.00. The van der Waals surface area contributed by atoms with E-state index in [1.807, 2.05) is 0 Å². The summed E-state index contributed by atoms with van der Waals surface area (Å²) < 4.78 is 29.6. The zero-order valence-corrected chi connectivity index (χ0v) is 20.3. The molecule has 0 aliphatic rings. The monoisotopic (exact) mass is 458 g/mol. The van der Waals surface area contributed by atoms with Gasteiger partial charge in [-0.25, -0.2) is 13.6 Å². The topological polar surface area (TPSA) is 66.5 Å². The van der Waals surface area contributed by atoms with Gasteiger partial charge in [-0.15, -0.1) is 0 Å². The Hall–Kier alpha value is -3.09. The third kappa shape index (κ3) is 6.46. The molecule has 0 aliphatic heterocycles. The standard InChI is InChI=1S/C26H32F2N2O3/c1-25(2,3)22(31)16-8-10-18(20(27)12-16)14-30(24(33)29-7)15-19-11-9-17(13-21(19)28)23(32)26(4,5)6/h8-13H,14-15H2,1-7H3,(H,29,33). The van der Waals surface area contributed by atoms with Crippen molar-refractivity contribution in [3.05, 3.63) is 70.3 Å². The Morgan fingerprint density at radius 1 is 0.758 bits per heavy atom.